The van der Waals surface area contributed by atoms with Crippen LogP contribution < -0.4 is 0 Å². The fraction of sp³-hybridized carbons (Fsp3) is 0.357. The van der Waals surface area contributed by atoms with Gasteiger partial charge in [0.15, 0.2) is 5.60 Å². The van der Waals surface area contributed by atoms with E-state index in [4.69, 9.17) is 14.9 Å². The van der Waals surface area contributed by atoms with E-state index < -0.39 is 11.6 Å². The number of benzene rings is 1. The third kappa shape index (κ3) is 1.50. The second-order valence-corrected chi connectivity index (χ2v) is 4.78. The Morgan fingerprint density at radius 1 is 1.44 bits per heavy atom. The zero-order valence-electron chi connectivity index (χ0n) is 10.1. The quantitative estimate of drug-likeness (QED) is 0.832. The van der Waals surface area contributed by atoms with E-state index in [0.717, 1.165) is 16.7 Å². The van der Waals surface area contributed by atoms with E-state index in [1.165, 1.54) is 0 Å². The molecule has 0 amide bonds. The van der Waals surface area contributed by atoms with Crippen molar-refractivity contribution in [3.8, 4) is 0 Å². The van der Waals surface area contributed by atoms with Crippen molar-refractivity contribution in [3.05, 3.63) is 41.5 Å². The number of carboxylic acid groups (broad SMARTS) is 1. The van der Waals surface area contributed by atoms with Crippen LogP contribution in [0.25, 0.3) is 5.57 Å². The first-order valence-electron chi connectivity index (χ1n) is 5.98. The second kappa shape index (κ2) is 3.93. The van der Waals surface area contributed by atoms with E-state index in [1.54, 1.807) is 0 Å². The average molecular weight is 246 g/mol. The molecule has 18 heavy (non-hydrogen) atoms. The lowest BCUT2D eigenvalue weighted by atomic mass is 9.74. The third-order valence-electron chi connectivity index (χ3n) is 3.68. The van der Waals surface area contributed by atoms with Crippen molar-refractivity contribution in [3.63, 3.8) is 0 Å². The Morgan fingerprint density at radius 2 is 2.22 bits per heavy atom. The first-order chi connectivity index (χ1) is 8.63. The van der Waals surface area contributed by atoms with Crippen LogP contribution in [0.1, 0.15) is 30.9 Å². The molecule has 4 nitrogen and oxygen atoms in total. The lowest BCUT2D eigenvalue weighted by Gasteiger charge is -2.49. The van der Waals surface area contributed by atoms with Gasteiger partial charge in [-0.1, -0.05) is 24.3 Å². The summed E-state index contributed by atoms with van der Waals surface area (Å²) in [6.07, 6.45) is 2.33. The van der Waals surface area contributed by atoms with Gasteiger partial charge in [0, 0.05) is 6.42 Å². The van der Waals surface area contributed by atoms with Crippen molar-refractivity contribution >= 4 is 11.5 Å². The molecule has 2 atom stereocenters. The first-order valence-corrected chi connectivity index (χ1v) is 5.98. The second-order valence-electron chi connectivity index (χ2n) is 4.78. The first kappa shape index (κ1) is 11.4. The van der Waals surface area contributed by atoms with Crippen LogP contribution in [0.3, 0.4) is 0 Å². The van der Waals surface area contributed by atoms with Crippen molar-refractivity contribution in [2.24, 2.45) is 0 Å². The summed E-state index contributed by atoms with van der Waals surface area (Å²) in [5.74, 6) is -0.817. The molecule has 0 aromatic heterocycles. The molecule has 0 radical (unpaired) electrons. The fourth-order valence-electron chi connectivity index (χ4n) is 2.70. The van der Waals surface area contributed by atoms with E-state index >= 15 is 0 Å². The van der Waals surface area contributed by atoms with Crippen LogP contribution in [0.4, 0.5) is 0 Å². The molecular formula is C14H14O4. The molecule has 1 aromatic carbocycles. The molecule has 2 aliphatic rings. The molecule has 1 heterocycles. The summed E-state index contributed by atoms with van der Waals surface area (Å²) in [5.41, 5.74) is 2.67. The van der Waals surface area contributed by atoms with Gasteiger partial charge >= 0.3 is 5.97 Å². The highest BCUT2D eigenvalue weighted by Crippen LogP contribution is 2.50. The zero-order chi connectivity index (χ0) is 12.8. The Morgan fingerprint density at radius 3 is 2.89 bits per heavy atom. The van der Waals surface area contributed by atoms with Crippen LogP contribution in [-0.4, -0.2) is 17.2 Å². The van der Waals surface area contributed by atoms with Crippen molar-refractivity contribution < 1.29 is 19.7 Å². The monoisotopic (exact) mass is 246 g/mol. The highest BCUT2D eigenvalue weighted by atomic mass is 17.3. The average Bonchev–Trinajstić information content (AvgIpc) is 2.34. The van der Waals surface area contributed by atoms with Crippen molar-refractivity contribution in [1.29, 1.82) is 0 Å². The normalized spacial score (nSPS) is 28.7. The van der Waals surface area contributed by atoms with E-state index in [2.05, 4.69) is 0 Å². The van der Waals surface area contributed by atoms with Gasteiger partial charge in [-0.15, -0.1) is 0 Å². The molecule has 0 spiro atoms. The smallest absolute Gasteiger partial charge is 0.303 e. The number of fused-ring (bicyclic) bond motifs is 3. The van der Waals surface area contributed by atoms with Crippen LogP contribution in [0.5, 0.6) is 0 Å². The maximum atomic E-state index is 10.8. The van der Waals surface area contributed by atoms with Crippen LogP contribution in [0, 0.1) is 0 Å². The largest absolute Gasteiger partial charge is 0.481 e. The fourth-order valence-corrected chi connectivity index (χ4v) is 2.70. The Kier molecular flexibility index (Phi) is 2.50. The van der Waals surface area contributed by atoms with E-state index in [-0.39, 0.29) is 12.5 Å². The Balaban J connectivity index is 2.02. The lowest BCUT2D eigenvalue weighted by molar-refractivity contribution is -0.508. The minimum Gasteiger partial charge on any atom is -0.481 e. The Labute approximate surface area is 105 Å². The summed E-state index contributed by atoms with van der Waals surface area (Å²) >= 11 is 0. The van der Waals surface area contributed by atoms with Crippen LogP contribution >= 0.6 is 0 Å². The summed E-state index contributed by atoms with van der Waals surface area (Å²) in [6.45, 7) is 2.03. The third-order valence-corrected chi connectivity index (χ3v) is 3.68. The number of allylic oxidation sites excluding steroid dienone is 1. The minimum absolute atomic E-state index is 0.0705. The van der Waals surface area contributed by atoms with Gasteiger partial charge in [0.25, 0.3) is 0 Å². The molecule has 1 aliphatic heterocycles. The maximum Gasteiger partial charge on any atom is 0.303 e. The highest BCUT2D eigenvalue weighted by Gasteiger charge is 2.54. The van der Waals surface area contributed by atoms with Gasteiger partial charge in [0.1, 0.15) is 6.10 Å². The summed E-state index contributed by atoms with van der Waals surface area (Å²) in [6, 6.07) is 7.93. The molecule has 2 unspecified atom stereocenters. The van der Waals surface area contributed by atoms with Gasteiger partial charge in [0.05, 0.1) is 0 Å². The van der Waals surface area contributed by atoms with Gasteiger partial charge in [-0.3, -0.25) is 4.79 Å². The molecule has 0 saturated carbocycles. The molecule has 1 aliphatic carbocycles. The number of carbonyl (C=O) groups is 1. The van der Waals surface area contributed by atoms with Gasteiger partial charge in [-0.2, -0.15) is 0 Å². The van der Waals surface area contributed by atoms with Gasteiger partial charge < -0.3 is 5.11 Å². The van der Waals surface area contributed by atoms with Crippen molar-refractivity contribution in [2.75, 3.05) is 0 Å². The SMILES string of the molecule is CC1=CC2OOC2(CCC(=O)O)c2ccccc21. The van der Waals surface area contributed by atoms with E-state index in [0.29, 0.717) is 6.42 Å². The molecule has 3 rings (SSSR count). The maximum absolute atomic E-state index is 10.8. The Bertz CT molecular complexity index is 534. The molecule has 1 aromatic rings. The number of carboxylic acids is 1. The summed E-state index contributed by atoms with van der Waals surface area (Å²) in [5, 5.41) is 8.86. The Hall–Kier alpha value is -1.65. The van der Waals surface area contributed by atoms with E-state index in [1.807, 2.05) is 37.3 Å². The van der Waals surface area contributed by atoms with Gasteiger partial charge in [0.2, 0.25) is 0 Å². The summed E-state index contributed by atoms with van der Waals surface area (Å²) < 4.78 is 0. The van der Waals surface area contributed by atoms with Gasteiger partial charge in [-0.05, 0) is 36.1 Å². The molecule has 94 valence electrons. The number of rotatable bonds is 3. The van der Waals surface area contributed by atoms with Gasteiger partial charge in [-0.25, -0.2) is 9.78 Å². The minimum atomic E-state index is -0.817. The molecule has 1 saturated heterocycles. The van der Waals surface area contributed by atoms with E-state index in [9.17, 15) is 4.79 Å². The number of hydrogen-bond acceptors (Lipinski definition) is 3. The van der Waals surface area contributed by atoms with Crippen LogP contribution in [-0.2, 0) is 20.2 Å². The zero-order valence-corrected chi connectivity index (χ0v) is 10.1. The highest BCUT2D eigenvalue weighted by molar-refractivity contribution is 5.72. The molecule has 0 bridgehead atoms. The molecule has 1 N–H and O–H groups in total. The number of aliphatic carboxylic acids is 1. The van der Waals surface area contributed by atoms with Crippen molar-refractivity contribution in [2.45, 2.75) is 31.5 Å². The predicted octanol–water partition coefficient (Wildman–Crippen LogP) is 2.49. The van der Waals surface area contributed by atoms with Crippen LogP contribution in [0.2, 0.25) is 0 Å². The van der Waals surface area contributed by atoms with Crippen LogP contribution in [0.15, 0.2) is 30.3 Å². The number of hydrogen-bond donors (Lipinski definition) is 1. The molecular weight excluding hydrogens is 232 g/mol. The van der Waals surface area contributed by atoms with Crippen molar-refractivity contribution in [1.82, 2.24) is 0 Å². The predicted molar refractivity (Wildman–Crippen MR) is 64.6 cm³/mol. The lowest BCUT2D eigenvalue weighted by Crippen LogP contribution is -2.54. The standard InChI is InChI=1S/C14H14O4/c1-9-8-12-14(18-17-12,7-6-13(15)16)11-5-3-2-4-10(9)11/h2-5,8,12H,6-7H2,1H3,(H,15,16). The topological polar surface area (TPSA) is 55.8 Å². The summed E-state index contributed by atoms with van der Waals surface area (Å²) in [4.78, 5) is 21.2. The molecule has 4 heteroatoms. The molecule has 1 fully saturated rings. The summed E-state index contributed by atoms with van der Waals surface area (Å²) in [7, 11) is 0.